The molecule has 2 N–H and O–H groups in total. The van der Waals surface area contributed by atoms with Gasteiger partial charge < -0.3 is 10.6 Å². The predicted molar refractivity (Wildman–Crippen MR) is 106 cm³/mol. The Labute approximate surface area is 156 Å². The average molecular weight is 436 g/mol. The lowest BCUT2D eigenvalue weighted by molar-refractivity contribution is 0.491. The van der Waals surface area contributed by atoms with Crippen LogP contribution in [0.1, 0.15) is 52.7 Å². The molecule has 0 spiro atoms. The van der Waals surface area contributed by atoms with Gasteiger partial charge in [0.1, 0.15) is 5.82 Å². The Bertz CT molecular complexity index is 466. The first kappa shape index (κ1) is 22.1. The van der Waals surface area contributed by atoms with E-state index in [0.717, 1.165) is 18.9 Å². The fourth-order valence-corrected chi connectivity index (χ4v) is 2.15. The van der Waals surface area contributed by atoms with E-state index in [2.05, 4.69) is 41.4 Å². The molecule has 1 rings (SSSR count). The van der Waals surface area contributed by atoms with E-state index in [-0.39, 0.29) is 36.3 Å². The first-order valence-electron chi connectivity index (χ1n) is 8.17. The molecule has 0 aromatic carbocycles. The van der Waals surface area contributed by atoms with Gasteiger partial charge in [-0.25, -0.2) is 9.38 Å². The van der Waals surface area contributed by atoms with Crippen LogP contribution in [0.15, 0.2) is 23.3 Å². The van der Waals surface area contributed by atoms with Gasteiger partial charge in [0.25, 0.3) is 0 Å². The largest absolute Gasteiger partial charge is 0.357 e. The van der Waals surface area contributed by atoms with Crippen molar-refractivity contribution in [3.8, 4) is 0 Å². The molecule has 1 aromatic heterocycles. The molecule has 1 unspecified atom stereocenters. The third-order valence-electron chi connectivity index (χ3n) is 3.37. The molecule has 23 heavy (non-hydrogen) atoms. The minimum absolute atomic E-state index is 0. The van der Waals surface area contributed by atoms with Gasteiger partial charge in [0.15, 0.2) is 5.96 Å². The Balaban J connectivity index is 0.00000484. The molecule has 0 saturated heterocycles. The van der Waals surface area contributed by atoms with Crippen molar-refractivity contribution in [2.24, 2.45) is 10.9 Å². The molecule has 132 valence electrons. The van der Waals surface area contributed by atoms with Crippen LogP contribution < -0.4 is 10.6 Å². The van der Waals surface area contributed by atoms with Crippen molar-refractivity contribution in [3.05, 3.63) is 29.8 Å². The minimum atomic E-state index is -0.313. The second-order valence-electron chi connectivity index (χ2n) is 6.00. The summed E-state index contributed by atoms with van der Waals surface area (Å²) in [6, 6.07) is 3.33. The number of aliphatic imine (C=N–C) groups is 1. The lowest BCUT2D eigenvalue weighted by atomic mass is 10.0. The second-order valence-corrected chi connectivity index (χ2v) is 6.00. The van der Waals surface area contributed by atoms with Crippen LogP contribution in [-0.4, -0.2) is 23.5 Å². The van der Waals surface area contributed by atoms with E-state index >= 15 is 0 Å². The van der Waals surface area contributed by atoms with Gasteiger partial charge in [-0.15, -0.1) is 24.0 Å². The summed E-state index contributed by atoms with van der Waals surface area (Å²) in [6.07, 6.45) is 5.11. The Kier molecular flexibility index (Phi) is 12.0. The average Bonchev–Trinajstić information content (AvgIpc) is 2.46. The summed E-state index contributed by atoms with van der Waals surface area (Å²) in [4.78, 5) is 8.44. The van der Waals surface area contributed by atoms with Crippen molar-refractivity contribution in [1.29, 1.82) is 0 Å². The predicted octanol–water partition coefficient (Wildman–Crippen LogP) is 4.11. The number of nitrogens with zero attached hydrogens (tertiary/aromatic N) is 2. The summed E-state index contributed by atoms with van der Waals surface area (Å²) in [5, 5.41) is 6.56. The summed E-state index contributed by atoms with van der Waals surface area (Å²) < 4.78 is 13.6. The van der Waals surface area contributed by atoms with Gasteiger partial charge in [-0.2, -0.15) is 0 Å². The SMILES string of the molecule is CCNC(=NCc1ncccc1F)NC(C)CCCC(C)C.I. The number of guanidine groups is 1. The van der Waals surface area contributed by atoms with Gasteiger partial charge in [0.05, 0.1) is 12.2 Å². The molecule has 0 bridgehead atoms. The van der Waals surface area contributed by atoms with E-state index in [9.17, 15) is 4.39 Å². The zero-order chi connectivity index (χ0) is 16.4. The second kappa shape index (κ2) is 12.5. The molecule has 0 saturated carbocycles. The van der Waals surface area contributed by atoms with Crippen LogP contribution in [0.2, 0.25) is 0 Å². The summed E-state index contributed by atoms with van der Waals surface area (Å²) in [7, 11) is 0. The zero-order valence-electron chi connectivity index (χ0n) is 14.6. The van der Waals surface area contributed by atoms with Gasteiger partial charge in [-0.05, 0) is 38.3 Å². The molecule has 0 radical (unpaired) electrons. The van der Waals surface area contributed by atoms with Crippen LogP contribution in [0.25, 0.3) is 0 Å². The zero-order valence-corrected chi connectivity index (χ0v) is 16.9. The van der Waals surface area contributed by atoms with E-state index in [4.69, 9.17) is 0 Å². The van der Waals surface area contributed by atoms with Crippen molar-refractivity contribution in [1.82, 2.24) is 15.6 Å². The van der Waals surface area contributed by atoms with E-state index in [1.165, 1.54) is 18.9 Å². The van der Waals surface area contributed by atoms with Crippen LogP contribution in [0, 0.1) is 11.7 Å². The molecule has 0 aliphatic rings. The van der Waals surface area contributed by atoms with Crippen LogP contribution in [0.4, 0.5) is 4.39 Å². The first-order valence-corrected chi connectivity index (χ1v) is 8.17. The highest BCUT2D eigenvalue weighted by Crippen LogP contribution is 2.08. The number of hydrogen-bond acceptors (Lipinski definition) is 2. The maximum atomic E-state index is 13.6. The van der Waals surface area contributed by atoms with Gasteiger partial charge in [-0.1, -0.05) is 26.7 Å². The molecule has 0 aliphatic heterocycles. The molecule has 0 amide bonds. The Morgan fingerprint density at radius 3 is 2.65 bits per heavy atom. The molecular formula is C17H30FIN4. The van der Waals surface area contributed by atoms with Gasteiger partial charge >= 0.3 is 0 Å². The lowest BCUT2D eigenvalue weighted by Crippen LogP contribution is -2.42. The van der Waals surface area contributed by atoms with E-state index in [1.54, 1.807) is 12.3 Å². The van der Waals surface area contributed by atoms with Crippen molar-refractivity contribution in [2.75, 3.05) is 6.54 Å². The highest BCUT2D eigenvalue weighted by atomic mass is 127. The van der Waals surface area contributed by atoms with Gasteiger partial charge in [0.2, 0.25) is 0 Å². The Hall–Kier alpha value is -0.920. The van der Waals surface area contributed by atoms with E-state index in [1.807, 2.05) is 6.92 Å². The van der Waals surface area contributed by atoms with Crippen LogP contribution in [-0.2, 0) is 6.54 Å². The molecule has 1 aromatic rings. The minimum Gasteiger partial charge on any atom is -0.357 e. The van der Waals surface area contributed by atoms with Crippen molar-refractivity contribution >= 4 is 29.9 Å². The summed E-state index contributed by atoms with van der Waals surface area (Å²) >= 11 is 0. The van der Waals surface area contributed by atoms with Crippen LogP contribution >= 0.6 is 24.0 Å². The maximum Gasteiger partial charge on any atom is 0.191 e. The summed E-state index contributed by atoms with van der Waals surface area (Å²) in [5.41, 5.74) is 0.368. The Morgan fingerprint density at radius 1 is 1.30 bits per heavy atom. The lowest BCUT2D eigenvalue weighted by Gasteiger charge is -2.18. The van der Waals surface area contributed by atoms with Gasteiger partial charge in [-0.3, -0.25) is 4.98 Å². The third-order valence-corrected chi connectivity index (χ3v) is 3.37. The van der Waals surface area contributed by atoms with Crippen molar-refractivity contribution in [2.45, 2.75) is 59.5 Å². The monoisotopic (exact) mass is 436 g/mol. The fraction of sp³-hybridized carbons (Fsp3) is 0.647. The van der Waals surface area contributed by atoms with E-state index < -0.39 is 0 Å². The van der Waals surface area contributed by atoms with Crippen molar-refractivity contribution in [3.63, 3.8) is 0 Å². The molecular weight excluding hydrogens is 406 g/mol. The fourth-order valence-electron chi connectivity index (χ4n) is 2.15. The third kappa shape index (κ3) is 9.73. The normalized spacial score (nSPS) is 12.7. The van der Waals surface area contributed by atoms with E-state index in [0.29, 0.717) is 17.7 Å². The number of rotatable bonds is 8. The number of pyridine rings is 1. The number of aromatic nitrogens is 1. The Morgan fingerprint density at radius 2 is 2.04 bits per heavy atom. The first-order chi connectivity index (χ1) is 10.5. The molecule has 1 heterocycles. The standard InChI is InChI=1S/C17H29FN4.HI/c1-5-19-17(22-14(4)9-6-8-13(2)3)21-12-16-15(18)10-7-11-20-16;/h7,10-11,13-14H,5-6,8-9,12H2,1-4H3,(H2,19,21,22);1H. The molecule has 0 fully saturated rings. The maximum absolute atomic E-state index is 13.6. The van der Waals surface area contributed by atoms with Crippen LogP contribution in [0.3, 0.4) is 0 Å². The molecule has 0 aliphatic carbocycles. The van der Waals surface area contributed by atoms with Gasteiger partial charge in [0, 0.05) is 18.8 Å². The summed E-state index contributed by atoms with van der Waals surface area (Å²) in [5.74, 6) is 1.14. The summed E-state index contributed by atoms with van der Waals surface area (Å²) in [6.45, 7) is 9.66. The van der Waals surface area contributed by atoms with Crippen LogP contribution in [0.5, 0.6) is 0 Å². The highest BCUT2D eigenvalue weighted by molar-refractivity contribution is 14.0. The highest BCUT2D eigenvalue weighted by Gasteiger charge is 2.07. The molecule has 4 nitrogen and oxygen atoms in total. The number of nitrogens with one attached hydrogen (secondary N) is 2. The smallest absolute Gasteiger partial charge is 0.191 e. The number of halogens is 2. The van der Waals surface area contributed by atoms with Crippen molar-refractivity contribution < 1.29 is 4.39 Å². The molecule has 6 heteroatoms. The molecule has 1 atom stereocenters. The number of hydrogen-bond donors (Lipinski definition) is 2. The topological polar surface area (TPSA) is 49.3 Å². The quantitative estimate of drug-likeness (QED) is 0.367.